The van der Waals surface area contributed by atoms with Crippen LogP contribution in [-0.4, -0.2) is 73.5 Å². The largest absolute Gasteiger partial charge is 0.357 e. The molecule has 3 rings (SSSR count). The van der Waals surface area contributed by atoms with E-state index in [-0.39, 0.29) is 24.0 Å². The molecule has 0 spiro atoms. The number of amides is 1. The quantitative estimate of drug-likeness (QED) is 0.309. The summed E-state index contributed by atoms with van der Waals surface area (Å²) >= 11 is 0. The summed E-state index contributed by atoms with van der Waals surface area (Å²) in [6.07, 6.45) is 9.98. The van der Waals surface area contributed by atoms with Crippen molar-refractivity contribution >= 4 is 35.8 Å². The van der Waals surface area contributed by atoms with Gasteiger partial charge in [-0.2, -0.15) is 0 Å². The summed E-state index contributed by atoms with van der Waals surface area (Å²) in [6.45, 7) is 10.9. The summed E-state index contributed by atoms with van der Waals surface area (Å²) in [7, 11) is 0. The Morgan fingerprint density at radius 3 is 2.24 bits per heavy atom. The van der Waals surface area contributed by atoms with Crippen molar-refractivity contribution in [1.29, 1.82) is 0 Å². The fourth-order valence-corrected chi connectivity index (χ4v) is 4.64. The van der Waals surface area contributed by atoms with Crippen molar-refractivity contribution < 1.29 is 4.79 Å². The topological polar surface area (TPSA) is 60.0 Å². The van der Waals surface area contributed by atoms with Gasteiger partial charge in [0.1, 0.15) is 0 Å². The SMILES string of the molecule is CCNC(=NCCN1CCN(C(=O)C2CCC2)CC1)NC1CCC(CC)CC1.I. The van der Waals surface area contributed by atoms with Gasteiger partial charge in [-0.1, -0.05) is 19.8 Å². The molecule has 1 heterocycles. The minimum absolute atomic E-state index is 0. The van der Waals surface area contributed by atoms with Gasteiger partial charge in [0.15, 0.2) is 5.96 Å². The predicted octanol–water partition coefficient (Wildman–Crippen LogP) is 3.07. The van der Waals surface area contributed by atoms with Crippen LogP contribution in [0.15, 0.2) is 4.99 Å². The van der Waals surface area contributed by atoms with Gasteiger partial charge in [-0.15, -0.1) is 24.0 Å². The highest BCUT2D eigenvalue weighted by atomic mass is 127. The van der Waals surface area contributed by atoms with Crippen LogP contribution in [0.3, 0.4) is 0 Å². The van der Waals surface area contributed by atoms with Crippen molar-refractivity contribution in [2.75, 3.05) is 45.8 Å². The first-order chi connectivity index (χ1) is 13.7. The zero-order chi connectivity index (χ0) is 19.8. The summed E-state index contributed by atoms with van der Waals surface area (Å²) < 4.78 is 0. The summed E-state index contributed by atoms with van der Waals surface area (Å²) in [6, 6.07) is 0.571. The van der Waals surface area contributed by atoms with Crippen molar-refractivity contribution in [3.63, 3.8) is 0 Å². The average Bonchev–Trinajstić information content (AvgIpc) is 2.68. The Bertz CT molecular complexity index is 509. The van der Waals surface area contributed by atoms with Crippen molar-refractivity contribution in [3.05, 3.63) is 0 Å². The van der Waals surface area contributed by atoms with Gasteiger partial charge >= 0.3 is 0 Å². The van der Waals surface area contributed by atoms with E-state index >= 15 is 0 Å². The first-order valence-corrected chi connectivity index (χ1v) is 11.8. The molecule has 1 amide bonds. The Morgan fingerprint density at radius 2 is 1.69 bits per heavy atom. The number of hydrogen-bond acceptors (Lipinski definition) is 3. The van der Waals surface area contributed by atoms with Gasteiger partial charge in [0.05, 0.1) is 6.54 Å². The zero-order valence-corrected chi connectivity index (χ0v) is 20.8. The molecular formula is C22H42IN5O. The van der Waals surface area contributed by atoms with Crippen LogP contribution in [0.2, 0.25) is 0 Å². The maximum Gasteiger partial charge on any atom is 0.225 e. The van der Waals surface area contributed by atoms with Crippen molar-refractivity contribution in [2.45, 2.75) is 71.3 Å². The smallest absolute Gasteiger partial charge is 0.225 e. The molecule has 0 atom stereocenters. The lowest BCUT2D eigenvalue weighted by Crippen LogP contribution is -2.51. The fraction of sp³-hybridized carbons (Fsp3) is 0.909. The molecular weight excluding hydrogens is 477 g/mol. The maximum atomic E-state index is 12.4. The van der Waals surface area contributed by atoms with E-state index in [1.807, 2.05) is 0 Å². The van der Waals surface area contributed by atoms with Crippen molar-refractivity contribution in [3.8, 4) is 0 Å². The third kappa shape index (κ3) is 7.56. The third-order valence-corrected chi connectivity index (χ3v) is 6.93. The number of nitrogens with zero attached hydrogens (tertiary/aromatic N) is 3. The number of halogens is 1. The van der Waals surface area contributed by atoms with Crippen LogP contribution in [0, 0.1) is 11.8 Å². The fourth-order valence-electron chi connectivity index (χ4n) is 4.64. The highest BCUT2D eigenvalue weighted by molar-refractivity contribution is 14.0. The Labute approximate surface area is 194 Å². The second-order valence-electron chi connectivity index (χ2n) is 8.83. The number of carbonyl (C=O) groups excluding carboxylic acids is 1. The van der Waals surface area contributed by atoms with Gasteiger partial charge < -0.3 is 15.5 Å². The Hall–Kier alpha value is -0.570. The number of piperazine rings is 1. The Balaban J connectivity index is 0.00000300. The number of nitrogens with one attached hydrogen (secondary N) is 2. The van der Waals surface area contributed by atoms with Crippen LogP contribution >= 0.6 is 24.0 Å². The van der Waals surface area contributed by atoms with E-state index in [1.54, 1.807) is 0 Å². The molecule has 0 aromatic rings. The van der Waals surface area contributed by atoms with E-state index in [2.05, 4.69) is 34.3 Å². The van der Waals surface area contributed by atoms with Crippen molar-refractivity contribution in [1.82, 2.24) is 20.4 Å². The van der Waals surface area contributed by atoms with Crippen LogP contribution in [-0.2, 0) is 4.79 Å². The van der Waals surface area contributed by atoms with Crippen LogP contribution in [0.25, 0.3) is 0 Å². The second kappa shape index (κ2) is 13.0. The summed E-state index contributed by atoms with van der Waals surface area (Å²) in [5.74, 6) is 2.63. The van der Waals surface area contributed by atoms with E-state index in [1.165, 1.54) is 38.5 Å². The molecule has 2 aliphatic carbocycles. The van der Waals surface area contributed by atoms with Gasteiger partial charge in [0.25, 0.3) is 0 Å². The summed E-state index contributed by atoms with van der Waals surface area (Å²) in [5, 5.41) is 7.06. The van der Waals surface area contributed by atoms with E-state index in [0.29, 0.717) is 17.9 Å². The monoisotopic (exact) mass is 519 g/mol. The van der Waals surface area contributed by atoms with Crippen molar-refractivity contribution in [2.24, 2.45) is 16.8 Å². The van der Waals surface area contributed by atoms with Crippen LogP contribution < -0.4 is 10.6 Å². The lowest BCUT2D eigenvalue weighted by molar-refractivity contribution is -0.139. The molecule has 3 aliphatic rings. The zero-order valence-electron chi connectivity index (χ0n) is 18.5. The molecule has 6 nitrogen and oxygen atoms in total. The van der Waals surface area contributed by atoms with Gasteiger partial charge in [-0.25, -0.2) is 0 Å². The Kier molecular flexibility index (Phi) is 11.0. The molecule has 0 aromatic carbocycles. The summed E-state index contributed by atoms with van der Waals surface area (Å²) in [4.78, 5) is 21.7. The lowest BCUT2D eigenvalue weighted by Gasteiger charge is -2.38. The number of aliphatic imine (C=N–C) groups is 1. The molecule has 1 aliphatic heterocycles. The third-order valence-electron chi connectivity index (χ3n) is 6.93. The number of hydrogen-bond donors (Lipinski definition) is 2. The average molecular weight is 520 g/mol. The minimum atomic E-state index is 0. The molecule has 3 fully saturated rings. The first-order valence-electron chi connectivity index (χ1n) is 11.8. The van der Waals surface area contributed by atoms with Crippen LogP contribution in [0.4, 0.5) is 0 Å². The van der Waals surface area contributed by atoms with E-state index < -0.39 is 0 Å². The molecule has 1 saturated heterocycles. The van der Waals surface area contributed by atoms with Gasteiger partial charge in [0.2, 0.25) is 5.91 Å². The van der Waals surface area contributed by atoms with E-state index in [0.717, 1.165) is 70.5 Å². The van der Waals surface area contributed by atoms with Crippen LogP contribution in [0.5, 0.6) is 0 Å². The Morgan fingerprint density at radius 1 is 1.00 bits per heavy atom. The molecule has 7 heteroatoms. The predicted molar refractivity (Wildman–Crippen MR) is 131 cm³/mol. The van der Waals surface area contributed by atoms with Gasteiger partial charge in [0, 0.05) is 51.2 Å². The van der Waals surface area contributed by atoms with Gasteiger partial charge in [-0.3, -0.25) is 14.7 Å². The normalized spacial score (nSPS) is 26.4. The molecule has 2 N–H and O–H groups in total. The molecule has 29 heavy (non-hydrogen) atoms. The molecule has 2 saturated carbocycles. The number of guanidine groups is 1. The van der Waals surface area contributed by atoms with Gasteiger partial charge in [-0.05, 0) is 51.4 Å². The van der Waals surface area contributed by atoms with E-state index in [9.17, 15) is 4.79 Å². The molecule has 0 radical (unpaired) electrons. The standard InChI is InChI=1S/C22H41N5O.HI/c1-3-18-8-10-20(11-9-18)25-22(23-4-2)24-12-13-26-14-16-27(17-15-26)21(28)19-6-5-7-19;/h18-20H,3-17H2,1-2H3,(H2,23,24,25);1H. The highest BCUT2D eigenvalue weighted by Gasteiger charge is 2.31. The maximum absolute atomic E-state index is 12.4. The molecule has 168 valence electrons. The van der Waals surface area contributed by atoms with E-state index in [4.69, 9.17) is 4.99 Å². The number of rotatable bonds is 7. The highest BCUT2D eigenvalue weighted by Crippen LogP contribution is 2.28. The minimum Gasteiger partial charge on any atom is -0.357 e. The second-order valence-corrected chi connectivity index (χ2v) is 8.83. The summed E-state index contributed by atoms with van der Waals surface area (Å²) in [5.41, 5.74) is 0. The molecule has 0 unspecified atom stereocenters. The first kappa shape index (κ1) is 24.7. The molecule has 0 aromatic heterocycles. The molecule has 0 bridgehead atoms. The number of carbonyl (C=O) groups is 1. The lowest BCUT2D eigenvalue weighted by atomic mass is 9.84. The van der Waals surface area contributed by atoms with Crippen LogP contribution in [0.1, 0.15) is 65.2 Å².